The Morgan fingerprint density at radius 1 is 1.07 bits per heavy atom. The lowest BCUT2D eigenvalue weighted by Gasteiger charge is -2.30. The second kappa shape index (κ2) is 9.98. The summed E-state index contributed by atoms with van der Waals surface area (Å²) >= 11 is 0. The number of sulfonamides is 1. The summed E-state index contributed by atoms with van der Waals surface area (Å²) in [6.07, 6.45) is 1.43. The molecule has 0 bridgehead atoms. The van der Waals surface area contributed by atoms with Crippen molar-refractivity contribution >= 4 is 21.6 Å². The van der Waals surface area contributed by atoms with Gasteiger partial charge in [-0.05, 0) is 30.7 Å². The minimum absolute atomic E-state index is 0.229. The molecule has 0 unspecified atom stereocenters. The molecule has 28 heavy (non-hydrogen) atoms. The molecule has 0 saturated heterocycles. The lowest BCUT2D eigenvalue weighted by atomic mass is 10.2. The number of benzene rings is 2. The summed E-state index contributed by atoms with van der Waals surface area (Å²) in [4.78, 5) is 12.7. The van der Waals surface area contributed by atoms with E-state index in [1.165, 1.54) is 0 Å². The molecule has 2 aromatic rings. The average Bonchev–Trinajstić information content (AvgIpc) is 2.69. The summed E-state index contributed by atoms with van der Waals surface area (Å²) in [5.74, 6) is 0.807. The van der Waals surface area contributed by atoms with Crippen LogP contribution < -0.4 is 19.1 Å². The Morgan fingerprint density at radius 3 is 2.25 bits per heavy atom. The smallest absolute Gasteiger partial charge is 0.244 e. The van der Waals surface area contributed by atoms with Gasteiger partial charge in [0.05, 0.1) is 25.6 Å². The van der Waals surface area contributed by atoms with Crippen molar-refractivity contribution in [2.45, 2.75) is 19.4 Å². The van der Waals surface area contributed by atoms with Crippen molar-refractivity contribution in [1.82, 2.24) is 5.32 Å². The number of hydrogen-bond donors (Lipinski definition) is 1. The maximum absolute atomic E-state index is 12.7. The van der Waals surface area contributed by atoms with Crippen molar-refractivity contribution < 1.29 is 22.7 Å². The number of hydrogen-bond acceptors (Lipinski definition) is 5. The highest BCUT2D eigenvalue weighted by molar-refractivity contribution is 7.92. The normalized spacial score (nSPS) is 12.1. The summed E-state index contributed by atoms with van der Waals surface area (Å²) < 4.78 is 36.7. The molecule has 0 aromatic heterocycles. The van der Waals surface area contributed by atoms with Gasteiger partial charge in [0.25, 0.3) is 0 Å². The molecule has 0 aliphatic rings. The molecule has 0 fully saturated rings. The van der Waals surface area contributed by atoms with Crippen LogP contribution in [0.2, 0.25) is 0 Å². The number of carbonyl (C=O) groups excluding carboxylic acids is 1. The molecule has 0 aliphatic carbocycles. The van der Waals surface area contributed by atoms with Crippen LogP contribution >= 0.6 is 0 Å². The van der Waals surface area contributed by atoms with Gasteiger partial charge in [-0.1, -0.05) is 37.3 Å². The van der Waals surface area contributed by atoms with Crippen LogP contribution in [0.3, 0.4) is 0 Å². The van der Waals surface area contributed by atoms with Crippen molar-refractivity contribution in [3.05, 3.63) is 54.6 Å². The molecule has 0 heterocycles. The number of rotatable bonds is 10. The number of para-hydroxylation sites is 3. The lowest BCUT2D eigenvalue weighted by Crippen LogP contribution is -2.49. The van der Waals surface area contributed by atoms with Gasteiger partial charge in [-0.15, -0.1) is 0 Å². The molecule has 2 rings (SSSR count). The first-order valence-electron chi connectivity index (χ1n) is 8.96. The van der Waals surface area contributed by atoms with Crippen LogP contribution in [0.15, 0.2) is 54.6 Å². The van der Waals surface area contributed by atoms with Gasteiger partial charge < -0.3 is 14.8 Å². The van der Waals surface area contributed by atoms with E-state index < -0.39 is 16.1 Å². The number of ether oxygens (including phenoxy) is 2. The van der Waals surface area contributed by atoms with Crippen LogP contribution in [0, 0.1) is 0 Å². The van der Waals surface area contributed by atoms with Crippen molar-refractivity contribution in [3.8, 4) is 11.5 Å². The van der Waals surface area contributed by atoms with Gasteiger partial charge in [-0.3, -0.25) is 9.10 Å². The average molecular weight is 407 g/mol. The summed E-state index contributed by atoms with van der Waals surface area (Å²) in [6.45, 7) is 2.24. The van der Waals surface area contributed by atoms with Gasteiger partial charge in [0.15, 0.2) is 11.5 Å². The predicted molar refractivity (Wildman–Crippen MR) is 109 cm³/mol. The van der Waals surface area contributed by atoms with Crippen molar-refractivity contribution in [2.24, 2.45) is 0 Å². The second-order valence-electron chi connectivity index (χ2n) is 6.11. The fourth-order valence-corrected chi connectivity index (χ4v) is 4.04. The molecule has 152 valence electrons. The summed E-state index contributed by atoms with van der Waals surface area (Å²) in [7, 11) is -2.08. The van der Waals surface area contributed by atoms with Gasteiger partial charge in [0.1, 0.15) is 12.6 Å². The van der Waals surface area contributed by atoms with Crippen LogP contribution in [0.25, 0.3) is 0 Å². The molecule has 1 amide bonds. The third kappa shape index (κ3) is 5.63. The van der Waals surface area contributed by atoms with E-state index in [-0.39, 0.29) is 19.1 Å². The molecule has 0 saturated carbocycles. The second-order valence-corrected chi connectivity index (χ2v) is 7.97. The number of methoxy groups -OCH3 is 1. The van der Waals surface area contributed by atoms with E-state index in [1.807, 2.05) is 12.1 Å². The largest absolute Gasteiger partial charge is 0.493 e. The van der Waals surface area contributed by atoms with Gasteiger partial charge >= 0.3 is 0 Å². The number of carbonyl (C=O) groups is 1. The highest BCUT2D eigenvalue weighted by Crippen LogP contribution is 2.25. The van der Waals surface area contributed by atoms with E-state index in [0.717, 1.165) is 10.6 Å². The number of anilines is 1. The maximum atomic E-state index is 12.7. The van der Waals surface area contributed by atoms with Crippen LogP contribution in [-0.4, -0.2) is 46.9 Å². The van der Waals surface area contributed by atoms with Crippen molar-refractivity contribution in [1.29, 1.82) is 0 Å². The summed E-state index contributed by atoms with van der Waals surface area (Å²) in [5.41, 5.74) is 0.456. The van der Waals surface area contributed by atoms with Gasteiger partial charge in [-0.2, -0.15) is 0 Å². The first-order valence-corrected chi connectivity index (χ1v) is 10.8. The van der Waals surface area contributed by atoms with Crippen LogP contribution in [0.1, 0.15) is 13.3 Å². The predicted octanol–water partition coefficient (Wildman–Crippen LogP) is 2.44. The zero-order valence-electron chi connectivity index (χ0n) is 16.3. The minimum Gasteiger partial charge on any atom is -0.493 e. The Labute approximate surface area is 166 Å². The molecule has 0 spiro atoms. The van der Waals surface area contributed by atoms with E-state index in [1.54, 1.807) is 56.5 Å². The minimum atomic E-state index is -3.63. The Bertz CT molecular complexity index is 871. The fraction of sp³-hybridized carbons (Fsp3) is 0.350. The summed E-state index contributed by atoms with van der Waals surface area (Å²) in [6, 6.07) is 15.0. The maximum Gasteiger partial charge on any atom is 0.244 e. The van der Waals surface area contributed by atoms with Gasteiger partial charge in [0.2, 0.25) is 15.9 Å². The number of amides is 1. The van der Waals surface area contributed by atoms with Crippen LogP contribution in [0.5, 0.6) is 11.5 Å². The molecule has 0 aliphatic heterocycles. The van der Waals surface area contributed by atoms with Crippen molar-refractivity contribution in [2.75, 3.05) is 30.8 Å². The molecule has 8 heteroatoms. The van der Waals surface area contributed by atoms with E-state index in [9.17, 15) is 13.2 Å². The highest BCUT2D eigenvalue weighted by atomic mass is 32.2. The third-order valence-electron chi connectivity index (χ3n) is 4.07. The van der Waals surface area contributed by atoms with E-state index in [2.05, 4.69) is 5.32 Å². The number of nitrogens with zero attached hydrogens (tertiary/aromatic N) is 1. The zero-order chi connectivity index (χ0) is 20.6. The van der Waals surface area contributed by atoms with E-state index in [0.29, 0.717) is 23.6 Å². The molecule has 2 aromatic carbocycles. The SMILES string of the molecule is CC[C@H](C(=O)NCCOc1ccccc1OC)N(c1ccccc1)S(C)(=O)=O. The van der Waals surface area contributed by atoms with E-state index in [4.69, 9.17) is 9.47 Å². The summed E-state index contributed by atoms with van der Waals surface area (Å²) in [5, 5.41) is 2.75. The Kier molecular flexibility index (Phi) is 7.69. The molecule has 1 atom stereocenters. The molecule has 0 radical (unpaired) electrons. The van der Waals surface area contributed by atoms with Crippen LogP contribution in [0.4, 0.5) is 5.69 Å². The van der Waals surface area contributed by atoms with Gasteiger partial charge in [0, 0.05) is 0 Å². The Balaban J connectivity index is 2.02. The lowest BCUT2D eigenvalue weighted by molar-refractivity contribution is -0.122. The monoisotopic (exact) mass is 406 g/mol. The highest BCUT2D eigenvalue weighted by Gasteiger charge is 2.31. The number of nitrogens with one attached hydrogen (secondary N) is 1. The first-order chi connectivity index (χ1) is 13.4. The van der Waals surface area contributed by atoms with Crippen molar-refractivity contribution in [3.63, 3.8) is 0 Å². The Hall–Kier alpha value is -2.74. The Morgan fingerprint density at radius 2 is 1.68 bits per heavy atom. The molecular weight excluding hydrogens is 380 g/mol. The molecule has 1 N–H and O–H groups in total. The first kappa shape index (κ1) is 21.6. The fourth-order valence-electron chi connectivity index (χ4n) is 2.83. The topological polar surface area (TPSA) is 84.9 Å². The third-order valence-corrected chi connectivity index (χ3v) is 5.25. The quantitative estimate of drug-likeness (QED) is 0.613. The van der Waals surface area contributed by atoms with Crippen LogP contribution in [-0.2, 0) is 14.8 Å². The van der Waals surface area contributed by atoms with Gasteiger partial charge in [-0.25, -0.2) is 8.42 Å². The van der Waals surface area contributed by atoms with E-state index >= 15 is 0 Å². The zero-order valence-corrected chi connectivity index (χ0v) is 17.1. The molecular formula is C20H26N2O5S. The standard InChI is InChI=1S/C20H26N2O5S/c1-4-17(22(28(3,24)25)16-10-6-5-7-11-16)20(23)21-14-15-27-19-13-9-8-12-18(19)26-2/h5-13,17H,4,14-15H2,1-3H3,(H,21,23)/t17-/m1/s1. The molecule has 7 nitrogen and oxygen atoms in total.